The Hall–Kier alpha value is -1.06. The van der Waals surface area contributed by atoms with Gasteiger partial charge in [-0.1, -0.05) is 17.7 Å². The summed E-state index contributed by atoms with van der Waals surface area (Å²) in [5.74, 6) is -0.0396. The van der Waals surface area contributed by atoms with Crippen molar-refractivity contribution in [2.45, 2.75) is 13.0 Å². The molecule has 0 aliphatic heterocycles. The Morgan fingerprint density at radius 2 is 2.13 bits per heavy atom. The fourth-order valence-corrected chi connectivity index (χ4v) is 1.24. The van der Waals surface area contributed by atoms with Gasteiger partial charge in [0.25, 0.3) is 0 Å². The van der Waals surface area contributed by atoms with Gasteiger partial charge in [-0.3, -0.25) is 9.69 Å². The molecule has 0 heterocycles. The number of halogens is 1. The summed E-state index contributed by atoms with van der Waals surface area (Å²) in [7, 11) is 3.73. The lowest BCUT2D eigenvalue weighted by Crippen LogP contribution is -2.37. The highest BCUT2D eigenvalue weighted by atomic mass is 35.5. The second-order valence-corrected chi connectivity index (χ2v) is 4.08. The van der Waals surface area contributed by atoms with E-state index in [0.29, 0.717) is 5.02 Å². The SMILES string of the molecule is C[C@@H](C(=O)Nc1cccc(Cl)c1)N(C)C. The number of nitrogens with zero attached hydrogens (tertiary/aromatic N) is 1. The molecule has 1 aromatic rings. The van der Waals surface area contributed by atoms with E-state index < -0.39 is 0 Å². The van der Waals surface area contributed by atoms with Crippen LogP contribution in [0.25, 0.3) is 0 Å². The number of nitrogens with one attached hydrogen (secondary N) is 1. The van der Waals surface area contributed by atoms with E-state index in [0.717, 1.165) is 5.69 Å². The fourth-order valence-electron chi connectivity index (χ4n) is 1.05. The third kappa shape index (κ3) is 3.53. The number of carbonyl (C=O) groups excluding carboxylic acids is 1. The van der Waals surface area contributed by atoms with E-state index in [1.807, 2.05) is 32.0 Å². The number of benzene rings is 1. The maximum absolute atomic E-state index is 11.7. The van der Waals surface area contributed by atoms with Gasteiger partial charge in [-0.05, 0) is 39.2 Å². The van der Waals surface area contributed by atoms with Crippen molar-refractivity contribution in [1.29, 1.82) is 0 Å². The van der Waals surface area contributed by atoms with E-state index in [1.165, 1.54) is 0 Å². The van der Waals surface area contributed by atoms with Crippen molar-refractivity contribution >= 4 is 23.2 Å². The van der Waals surface area contributed by atoms with Crippen LogP contribution in [0.3, 0.4) is 0 Å². The van der Waals surface area contributed by atoms with Crippen LogP contribution in [0.5, 0.6) is 0 Å². The van der Waals surface area contributed by atoms with Crippen LogP contribution in [0.2, 0.25) is 5.02 Å². The molecule has 0 aliphatic rings. The first-order valence-electron chi connectivity index (χ1n) is 4.73. The molecule has 0 radical (unpaired) electrons. The lowest BCUT2D eigenvalue weighted by atomic mass is 10.2. The third-order valence-electron chi connectivity index (χ3n) is 2.25. The van der Waals surface area contributed by atoms with Gasteiger partial charge >= 0.3 is 0 Å². The van der Waals surface area contributed by atoms with Gasteiger partial charge in [-0.2, -0.15) is 0 Å². The van der Waals surface area contributed by atoms with E-state index in [4.69, 9.17) is 11.6 Å². The summed E-state index contributed by atoms with van der Waals surface area (Å²) in [6.45, 7) is 1.85. The van der Waals surface area contributed by atoms with Gasteiger partial charge in [0, 0.05) is 10.7 Å². The van der Waals surface area contributed by atoms with Crippen LogP contribution in [0.4, 0.5) is 5.69 Å². The summed E-state index contributed by atoms with van der Waals surface area (Å²) < 4.78 is 0. The molecule has 1 N–H and O–H groups in total. The van der Waals surface area contributed by atoms with E-state index in [9.17, 15) is 4.79 Å². The van der Waals surface area contributed by atoms with E-state index >= 15 is 0 Å². The minimum atomic E-state index is -0.163. The van der Waals surface area contributed by atoms with E-state index in [-0.39, 0.29) is 11.9 Å². The molecule has 4 heteroatoms. The zero-order valence-corrected chi connectivity index (χ0v) is 9.88. The summed E-state index contributed by atoms with van der Waals surface area (Å²) in [5, 5.41) is 3.41. The van der Waals surface area contributed by atoms with Gasteiger partial charge in [-0.15, -0.1) is 0 Å². The topological polar surface area (TPSA) is 32.3 Å². The zero-order chi connectivity index (χ0) is 11.4. The zero-order valence-electron chi connectivity index (χ0n) is 9.12. The molecule has 0 aliphatic carbocycles. The van der Waals surface area contributed by atoms with Gasteiger partial charge in [0.15, 0.2) is 0 Å². The Labute approximate surface area is 95.0 Å². The second kappa shape index (κ2) is 5.14. The number of hydrogen-bond donors (Lipinski definition) is 1. The molecule has 1 amide bonds. The molecule has 0 bridgehead atoms. The van der Waals surface area contributed by atoms with Gasteiger partial charge < -0.3 is 5.32 Å². The molecule has 0 spiro atoms. The fraction of sp³-hybridized carbons (Fsp3) is 0.364. The van der Waals surface area contributed by atoms with Crippen molar-refractivity contribution in [2.24, 2.45) is 0 Å². The van der Waals surface area contributed by atoms with Crippen molar-refractivity contribution in [3.63, 3.8) is 0 Å². The van der Waals surface area contributed by atoms with Crippen LogP contribution < -0.4 is 5.32 Å². The number of anilines is 1. The molecule has 3 nitrogen and oxygen atoms in total. The summed E-state index contributed by atoms with van der Waals surface area (Å²) in [4.78, 5) is 13.5. The molecule has 82 valence electrons. The molecule has 1 aromatic carbocycles. The highest BCUT2D eigenvalue weighted by molar-refractivity contribution is 6.30. The molecule has 0 saturated carbocycles. The molecular formula is C11H15ClN2O. The summed E-state index contributed by atoms with van der Waals surface area (Å²) >= 11 is 5.81. The van der Waals surface area contributed by atoms with Crippen LogP contribution in [-0.4, -0.2) is 30.9 Å². The Balaban J connectivity index is 2.66. The van der Waals surface area contributed by atoms with Crippen molar-refractivity contribution < 1.29 is 4.79 Å². The van der Waals surface area contributed by atoms with Crippen LogP contribution in [-0.2, 0) is 4.79 Å². The van der Waals surface area contributed by atoms with Gasteiger partial charge in [0.1, 0.15) is 0 Å². The van der Waals surface area contributed by atoms with Crippen molar-refractivity contribution in [3.05, 3.63) is 29.3 Å². The molecular weight excluding hydrogens is 212 g/mol. The largest absolute Gasteiger partial charge is 0.325 e. The standard InChI is InChI=1S/C11H15ClN2O/c1-8(14(2)3)11(15)13-10-6-4-5-9(12)7-10/h4-8H,1-3H3,(H,13,15)/t8-/m0/s1. The van der Waals surface area contributed by atoms with Crippen LogP contribution in [0.1, 0.15) is 6.92 Å². The minimum absolute atomic E-state index is 0.0396. The van der Waals surface area contributed by atoms with Gasteiger partial charge in [0.05, 0.1) is 6.04 Å². The molecule has 1 rings (SSSR count). The molecule has 15 heavy (non-hydrogen) atoms. The minimum Gasteiger partial charge on any atom is -0.325 e. The van der Waals surface area contributed by atoms with Gasteiger partial charge in [0.2, 0.25) is 5.91 Å². The van der Waals surface area contributed by atoms with Crippen LogP contribution in [0, 0.1) is 0 Å². The molecule has 0 unspecified atom stereocenters. The van der Waals surface area contributed by atoms with Crippen molar-refractivity contribution in [2.75, 3.05) is 19.4 Å². The first-order valence-corrected chi connectivity index (χ1v) is 5.11. The van der Waals surface area contributed by atoms with Crippen molar-refractivity contribution in [1.82, 2.24) is 4.90 Å². The monoisotopic (exact) mass is 226 g/mol. The molecule has 0 aromatic heterocycles. The number of carbonyl (C=O) groups is 1. The lowest BCUT2D eigenvalue weighted by Gasteiger charge is -2.18. The number of likely N-dealkylation sites (N-methyl/N-ethyl adjacent to an activating group) is 1. The van der Waals surface area contributed by atoms with Crippen LogP contribution in [0.15, 0.2) is 24.3 Å². The second-order valence-electron chi connectivity index (χ2n) is 3.64. The summed E-state index contributed by atoms with van der Waals surface area (Å²) in [6, 6.07) is 6.95. The Kier molecular flexibility index (Phi) is 4.12. The average Bonchev–Trinajstić information content (AvgIpc) is 2.16. The quantitative estimate of drug-likeness (QED) is 0.857. The first kappa shape index (κ1) is 12.0. The number of rotatable bonds is 3. The Bertz CT molecular complexity index is 352. The Morgan fingerprint density at radius 3 is 2.67 bits per heavy atom. The molecule has 0 saturated heterocycles. The van der Waals surface area contributed by atoms with E-state index in [2.05, 4.69) is 5.32 Å². The van der Waals surface area contributed by atoms with E-state index in [1.54, 1.807) is 18.2 Å². The highest BCUT2D eigenvalue weighted by Gasteiger charge is 2.14. The predicted octanol–water partition coefficient (Wildman–Crippen LogP) is 2.23. The maximum Gasteiger partial charge on any atom is 0.241 e. The molecule has 1 atom stereocenters. The summed E-state index contributed by atoms with van der Waals surface area (Å²) in [5.41, 5.74) is 0.723. The molecule has 0 fully saturated rings. The van der Waals surface area contributed by atoms with Crippen molar-refractivity contribution in [3.8, 4) is 0 Å². The van der Waals surface area contributed by atoms with Gasteiger partial charge in [-0.25, -0.2) is 0 Å². The smallest absolute Gasteiger partial charge is 0.241 e. The normalized spacial score (nSPS) is 12.6. The summed E-state index contributed by atoms with van der Waals surface area (Å²) in [6.07, 6.45) is 0. The average molecular weight is 227 g/mol. The Morgan fingerprint density at radius 1 is 1.47 bits per heavy atom. The maximum atomic E-state index is 11.7. The number of hydrogen-bond acceptors (Lipinski definition) is 2. The predicted molar refractivity (Wildman–Crippen MR) is 63.2 cm³/mol. The lowest BCUT2D eigenvalue weighted by molar-refractivity contribution is -0.119. The number of amides is 1. The van der Waals surface area contributed by atoms with Crippen LogP contribution >= 0.6 is 11.6 Å². The highest BCUT2D eigenvalue weighted by Crippen LogP contribution is 2.15. The first-order chi connectivity index (χ1) is 7.00. The third-order valence-corrected chi connectivity index (χ3v) is 2.48.